The predicted molar refractivity (Wildman–Crippen MR) is 114 cm³/mol. The molecule has 2 nitrogen and oxygen atoms in total. The maximum absolute atomic E-state index is 3.73. The molecule has 0 bridgehead atoms. The van der Waals surface area contributed by atoms with Gasteiger partial charge in [-0.25, -0.2) is 0 Å². The molecule has 3 aliphatic rings. The van der Waals surface area contributed by atoms with E-state index in [2.05, 4.69) is 88.8 Å². The normalized spacial score (nSPS) is 22.6. The van der Waals surface area contributed by atoms with Crippen LogP contribution in [-0.4, -0.2) is 10.6 Å². The van der Waals surface area contributed by atoms with Gasteiger partial charge in [0.1, 0.15) is 0 Å². The largest absolute Gasteiger partial charge is 0.378 e. The van der Waals surface area contributed by atoms with Gasteiger partial charge in [0.05, 0.1) is 16.9 Å². The highest BCUT2D eigenvalue weighted by molar-refractivity contribution is 5.88. The first-order chi connectivity index (χ1) is 13.4. The molecular formula is C25H22N2. The molecule has 2 heterocycles. The molecule has 1 aliphatic heterocycles. The van der Waals surface area contributed by atoms with Crippen LogP contribution in [0.2, 0.25) is 0 Å². The first kappa shape index (κ1) is 15.1. The summed E-state index contributed by atoms with van der Waals surface area (Å²) in [5, 5.41) is 7.79. The third-order valence-corrected chi connectivity index (χ3v) is 6.14. The van der Waals surface area contributed by atoms with Gasteiger partial charge < -0.3 is 9.88 Å². The van der Waals surface area contributed by atoms with E-state index in [0.29, 0.717) is 12.0 Å². The highest BCUT2D eigenvalue weighted by Gasteiger charge is 2.31. The Balaban J connectivity index is 1.67. The summed E-state index contributed by atoms with van der Waals surface area (Å²) in [5.41, 5.74) is 5.30. The fourth-order valence-corrected chi connectivity index (χ4v) is 4.90. The average Bonchev–Trinajstić information content (AvgIpc) is 3.08. The maximum atomic E-state index is 3.73. The lowest BCUT2D eigenvalue weighted by atomic mass is 9.90. The first-order valence-corrected chi connectivity index (χ1v) is 9.96. The van der Waals surface area contributed by atoms with Crippen molar-refractivity contribution in [3.05, 3.63) is 82.9 Å². The topological polar surface area (TPSA) is 17.0 Å². The van der Waals surface area contributed by atoms with Gasteiger partial charge in [0.15, 0.2) is 0 Å². The number of anilines is 1. The SMILES string of the molecule is C1=CC(n2c3c(c4ccccc42)=CC2c4ccccc4NC2C=3)=CCCC1. The summed E-state index contributed by atoms with van der Waals surface area (Å²) in [4.78, 5) is 0. The number of nitrogens with zero attached hydrogens (tertiary/aromatic N) is 1. The van der Waals surface area contributed by atoms with E-state index in [9.17, 15) is 0 Å². The monoisotopic (exact) mass is 350 g/mol. The Morgan fingerprint density at radius 3 is 2.81 bits per heavy atom. The molecule has 132 valence electrons. The van der Waals surface area contributed by atoms with Crippen LogP contribution in [0.3, 0.4) is 0 Å². The standard InChI is InChI=1S/C25H22N2/c1-2-4-10-17(9-3-1)27-24-14-8-6-12-19(24)21-15-20-18-11-5-7-13-22(18)26-23(20)16-25(21)27/h3,5-16,20,23,26H,1-2,4H2. The fourth-order valence-electron chi connectivity index (χ4n) is 4.90. The molecule has 0 fully saturated rings. The van der Waals surface area contributed by atoms with E-state index < -0.39 is 0 Å². The van der Waals surface area contributed by atoms with Crippen LogP contribution in [0, 0.1) is 0 Å². The minimum absolute atomic E-state index is 0.327. The second-order valence-electron chi connectivity index (χ2n) is 7.73. The molecule has 3 aromatic rings. The van der Waals surface area contributed by atoms with Crippen LogP contribution in [0.1, 0.15) is 30.7 Å². The van der Waals surface area contributed by atoms with E-state index in [1.807, 2.05) is 0 Å². The Morgan fingerprint density at radius 1 is 0.926 bits per heavy atom. The molecule has 27 heavy (non-hydrogen) atoms. The van der Waals surface area contributed by atoms with Crippen LogP contribution in [0.25, 0.3) is 28.8 Å². The molecule has 0 saturated heterocycles. The Bertz CT molecular complexity index is 1240. The smallest absolute Gasteiger partial charge is 0.0572 e. The van der Waals surface area contributed by atoms with Gasteiger partial charge in [0.2, 0.25) is 0 Å². The van der Waals surface area contributed by atoms with Gasteiger partial charge in [-0.05, 0) is 49.1 Å². The van der Waals surface area contributed by atoms with Gasteiger partial charge in [-0.2, -0.15) is 0 Å². The van der Waals surface area contributed by atoms with E-state index in [0.717, 1.165) is 6.42 Å². The van der Waals surface area contributed by atoms with Crippen molar-refractivity contribution in [1.29, 1.82) is 0 Å². The van der Waals surface area contributed by atoms with E-state index in [-0.39, 0.29) is 0 Å². The minimum atomic E-state index is 0.327. The molecule has 2 aromatic carbocycles. The maximum Gasteiger partial charge on any atom is 0.0572 e. The molecule has 2 atom stereocenters. The second kappa shape index (κ2) is 5.75. The fraction of sp³-hybridized carbons (Fsp3) is 0.200. The number of para-hydroxylation sites is 2. The number of benzene rings is 2. The summed E-state index contributed by atoms with van der Waals surface area (Å²) >= 11 is 0. The highest BCUT2D eigenvalue weighted by atomic mass is 15.0. The van der Waals surface area contributed by atoms with Gasteiger partial charge >= 0.3 is 0 Å². The van der Waals surface area contributed by atoms with Crippen LogP contribution in [-0.2, 0) is 0 Å². The summed E-state index contributed by atoms with van der Waals surface area (Å²) in [7, 11) is 0. The van der Waals surface area contributed by atoms with Crippen LogP contribution in [0.15, 0.2) is 66.8 Å². The van der Waals surface area contributed by atoms with E-state index in [1.165, 1.54) is 51.3 Å². The molecule has 2 aliphatic carbocycles. The lowest BCUT2D eigenvalue weighted by Gasteiger charge is -2.17. The van der Waals surface area contributed by atoms with E-state index >= 15 is 0 Å². The molecule has 0 saturated carbocycles. The summed E-state index contributed by atoms with van der Waals surface area (Å²) in [6, 6.07) is 17.9. The number of nitrogens with one attached hydrogen (secondary N) is 1. The Hall–Kier alpha value is -3.00. The van der Waals surface area contributed by atoms with Gasteiger partial charge in [0.25, 0.3) is 0 Å². The van der Waals surface area contributed by atoms with Crippen LogP contribution in [0.4, 0.5) is 5.69 Å². The molecular weight excluding hydrogens is 328 g/mol. The number of hydrogen-bond donors (Lipinski definition) is 1. The number of hydrogen-bond acceptors (Lipinski definition) is 1. The second-order valence-corrected chi connectivity index (χ2v) is 7.73. The van der Waals surface area contributed by atoms with Crippen molar-refractivity contribution in [2.75, 3.05) is 5.32 Å². The summed E-state index contributed by atoms with van der Waals surface area (Å²) in [6.07, 6.45) is 15.5. The number of aromatic nitrogens is 1. The van der Waals surface area contributed by atoms with Crippen LogP contribution >= 0.6 is 0 Å². The molecule has 0 amide bonds. The van der Waals surface area contributed by atoms with Crippen molar-refractivity contribution in [2.45, 2.75) is 31.2 Å². The highest BCUT2D eigenvalue weighted by Crippen LogP contribution is 2.38. The molecule has 6 rings (SSSR count). The van der Waals surface area contributed by atoms with E-state index in [4.69, 9.17) is 0 Å². The summed E-state index contributed by atoms with van der Waals surface area (Å²) in [5.74, 6) is 0.409. The number of rotatable bonds is 1. The number of fused-ring (bicyclic) bond motifs is 6. The molecule has 1 aromatic heterocycles. The summed E-state index contributed by atoms with van der Waals surface area (Å²) < 4.78 is 2.46. The minimum Gasteiger partial charge on any atom is -0.378 e. The zero-order valence-electron chi connectivity index (χ0n) is 15.2. The number of allylic oxidation sites excluding steroid dienone is 4. The van der Waals surface area contributed by atoms with Gasteiger partial charge in [-0.15, -0.1) is 0 Å². The molecule has 0 radical (unpaired) electrons. The van der Waals surface area contributed by atoms with Crippen LogP contribution in [0.5, 0.6) is 0 Å². The lowest BCUT2D eigenvalue weighted by molar-refractivity contribution is 0.861. The van der Waals surface area contributed by atoms with Gasteiger partial charge in [-0.3, -0.25) is 0 Å². The predicted octanol–water partition coefficient (Wildman–Crippen LogP) is 4.37. The zero-order chi connectivity index (χ0) is 17.8. The van der Waals surface area contributed by atoms with Crippen molar-refractivity contribution in [1.82, 2.24) is 4.57 Å². The Labute approximate surface area is 158 Å². The quantitative estimate of drug-likeness (QED) is 0.689. The molecule has 2 unspecified atom stereocenters. The third-order valence-electron chi connectivity index (χ3n) is 6.14. The van der Waals surface area contributed by atoms with Crippen molar-refractivity contribution in [3.63, 3.8) is 0 Å². The van der Waals surface area contributed by atoms with E-state index in [1.54, 1.807) is 0 Å². The molecule has 2 heteroatoms. The average molecular weight is 350 g/mol. The summed E-state index contributed by atoms with van der Waals surface area (Å²) in [6.45, 7) is 0. The Morgan fingerprint density at radius 2 is 1.81 bits per heavy atom. The van der Waals surface area contributed by atoms with Crippen molar-refractivity contribution >= 4 is 34.4 Å². The first-order valence-electron chi connectivity index (χ1n) is 9.96. The van der Waals surface area contributed by atoms with Crippen LogP contribution < -0.4 is 15.9 Å². The zero-order valence-corrected chi connectivity index (χ0v) is 15.2. The van der Waals surface area contributed by atoms with Gasteiger partial charge in [-0.1, -0.05) is 54.6 Å². The third kappa shape index (κ3) is 2.19. The lowest BCUT2D eigenvalue weighted by Crippen LogP contribution is -2.37. The van der Waals surface area contributed by atoms with Crippen molar-refractivity contribution in [3.8, 4) is 0 Å². The molecule has 0 spiro atoms. The van der Waals surface area contributed by atoms with Crippen molar-refractivity contribution < 1.29 is 0 Å². The Kier molecular flexibility index (Phi) is 3.21. The van der Waals surface area contributed by atoms with Crippen molar-refractivity contribution in [2.24, 2.45) is 0 Å². The van der Waals surface area contributed by atoms with Gasteiger partial charge in [0, 0.05) is 27.9 Å². The molecule has 1 N–H and O–H groups in total.